The number of carbonyl (C=O) groups excluding carboxylic acids is 1. The van der Waals surface area contributed by atoms with E-state index in [1.165, 1.54) is 0 Å². The molecule has 1 aromatic rings. The standard InChI is InChI=1S/C13H14ClNO3/c14-11-4-2-1-3-9(11)5-6-12(16)15-7-10(8-15)13(17)18/h1-4,10H,5-8H2,(H,17,18). The zero-order valence-electron chi connectivity index (χ0n) is 9.80. The van der Waals surface area contributed by atoms with E-state index in [-0.39, 0.29) is 5.91 Å². The van der Waals surface area contributed by atoms with E-state index < -0.39 is 11.9 Å². The summed E-state index contributed by atoms with van der Waals surface area (Å²) in [5.74, 6) is -1.23. The molecule has 1 aromatic carbocycles. The zero-order valence-corrected chi connectivity index (χ0v) is 10.6. The van der Waals surface area contributed by atoms with Gasteiger partial charge in [-0.15, -0.1) is 0 Å². The minimum absolute atomic E-state index is 0.00702. The van der Waals surface area contributed by atoms with Gasteiger partial charge in [0.1, 0.15) is 0 Å². The van der Waals surface area contributed by atoms with Crippen LogP contribution in [-0.2, 0) is 16.0 Å². The van der Waals surface area contributed by atoms with Gasteiger partial charge in [0.25, 0.3) is 0 Å². The van der Waals surface area contributed by atoms with Crippen LogP contribution in [0.15, 0.2) is 24.3 Å². The van der Waals surface area contributed by atoms with Crippen LogP contribution in [0.25, 0.3) is 0 Å². The molecule has 0 saturated carbocycles. The van der Waals surface area contributed by atoms with Gasteiger partial charge in [0.05, 0.1) is 5.92 Å². The van der Waals surface area contributed by atoms with Gasteiger partial charge in [0.15, 0.2) is 0 Å². The lowest BCUT2D eigenvalue weighted by molar-refractivity contribution is -0.152. The number of hydrogen-bond acceptors (Lipinski definition) is 2. The highest BCUT2D eigenvalue weighted by Gasteiger charge is 2.35. The third-order valence-corrected chi connectivity index (χ3v) is 3.52. The molecule has 1 amide bonds. The molecule has 0 bridgehead atoms. The molecule has 0 unspecified atom stereocenters. The lowest BCUT2D eigenvalue weighted by atomic mass is 9.99. The van der Waals surface area contributed by atoms with Gasteiger partial charge in [-0.05, 0) is 18.1 Å². The van der Waals surface area contributed by atoms with Crippen LogP contribution in [0.4, 0.5) is 0 Å². The maximum absolute atomic E-state index is 11.8. The van der Waals surface area contributed by atoms with Crippen molar-refractivity contribution in [2.45, 2.75) is 12.8 Å². The summed E-state index contributed by atoms with van der Waals surface area (Å²) in [6.07, 6.45) is 0.961. The molecule has 1 heterocycles. The number of carboxylic acids is 1. The molecule has 5 heteroatoms. The summed E-state index contributed by atoms with van der Waals surface area (Å²) in [4.78, 5) is 24.0. The van der Waals surface area contributed by atoms with Crippen LogP contribution in [0, 0.1) is 5.92 Å². The van der Waals surface area contributed by atoms with Gasteiger partial charge in [0, 0.05) is 24.5 Å². The molecule has 1 saturated heterocycles. The monoisotopic (exact) mass is 267 g/mol. The van der Waals surface area contributed by atoms with Crippen molar-refractivity contribution in [3.05, 3.63) is 34.9 Å². The predicted octanol–water partition coefficient (Wildman–Crippen LogP) is 1.82. The maximum atomic E-state index is 11.8. The molecule has 0 aliphatic carbocycles. The second-order valence-electron chi connectivity index (χ2n) is 4.43. The number of benzene rings is 1. The van der Waals surface area contributed by atoms with E-state index in [1.807, 2.05) is 18.2 Å². The zero-order chi connectivity index (χ0) is 13.1. The van der Waals surface area contributed by atoms with Gasteiger partial charge >= 0.3 is 5.97 Å². The third-order valence-electron chi connectivity index (χ3n) is 3.15. The van der Waals surface area contributed by atoms with Crippen LogP contribution in [0.5, 0.6) is 0 Å². The lowest BCUT2D eigenvalue weighted by Crippen LogP contribution is -2.53. The summed E-state index contributed by atoms with van der Waals surface area (Å²) in [6.45, 7) is 0.660. The molecular formula is C13H14ClNO3. The number of likely N-dealkylation sites (tertiary alicyclic amines) is 1. The fraction of sp³-hybridized carbons (Fsp3) is 0.385. The third kappa shape index (κ3) is 2.82. The summed E-state index contributed by atoms with van der Waals surface area (Å²) < 4.78 is 0. The Bertz CT molecular complexity index is 469. The minimum Gasteiger partial charge on any atom is -0.481 e. The molecule has 1 aliphatic heterocycles. The summed E-state index contributed by atoms with van der Waals surface area (Å²) >= 11 is 6.00. The number of hydrogen-bond donors (Lipinski definition) is 1. The number of carboxylic acid groups (broad SMARTS) is 1. The van der Waals surface area contributed by atoms with Crippen molar-refractivity contribution >= 4 is 23.5 Å². The number of rotatable bonds is 4. The SMILES string of the molecule is O=C(O)C1CN(C(=O)CCc2ccccc2Cl)C1. The number of nitrogens with zero attached hydrogens (tertiary/aromatic N) is 1. The van der Waals surface area contributed by atoms with E-state index in [0.717, 1.165) is 5.56 Å². The first kappa shape index (κ1) is 12.9. The molecule has 4 nitrogen and oxygen atoms in total. The van der Waals surface area contributed by atoms with E-state index in [9.17, 15) is 9.59 Å². The molecule has 0 spiro atoms. The van der Waals surface area contributed by atoms with Crippen molar-refractivity contribution in [2.75, 3.05) is 13.1 Å². The topological polar surface area (TPSA) is 57.6 Å². The normalized spacial score (nSPS) is 15.3. The molecule has 1 fully saturated rings. The Balaban J connectivity index is 1.80. The van der Waals surface area contributed by atoms with Crippen LogP contribution < -0.4 is 0 Å². The van der Waals surface area contributed by atoms with Crippen LogP contribution in [-0.4, -0.2) is 35.0 Å². The number of aryl methyl sites for hydroxylation is 1. The quantitative estimate of drug-likeness (QED) is 0.905. The first-order valence-electron chi connectivity index (χ1n) is 5.82. The predicted molar refractivity (Wildman–Crippen MR) is 67.5 cm³/mol. The number of amides is 1. The second-order valence-corrected chi connectivity index (χ2v) is 4.83. The second kappa shape index (κ2) is 5.40. The lowest BCUT2D eigenvalue weighted by Gasteiger charge is -2.36. The van der Waals surface area contributed by atoms with Crippen LogP contribution in [0.1, 0.15) is 12.0 Å². The van der Waals surface area contributed by atoms with Crippen molar-refractivity contribution in [2.24, 2.45) is 5.92 Å². The fourth-order valence-corrected chi connectivity index (χ4v) is 2.17. The summed E-state index contributed by atoms with van der Waals surface area (Å²) in [7, 11) is 0. The van der Waals surface area contributed by atoms with Gasteiger partial charge < -0.3 is 10.0 Å². The summed E-state index contributed by atoms with van der Waals surface area (Å²) in [5, 5.41) is 9.39. The smallest absolute Gasteiger partial charge is 0.310 e. The molecular weight excluding hydrogens is 254 g/mol. The van der Waals surface area contributed by atoms with Crippen molar-refractivity contribution in [1.82, 2.24) is 4.90 Å². The molecule has 0 radical (unpaired) electrons. The Morgan fingerprint density at radius 2 is 2.00 bits per heavy atom. The number of carbonyl (C=O) groups is 2. The highest BCUT2D eigenvalue weighted by molar-refractivity contribution is 6.31. The minimum atomic E-state index is -0.829. The maximum Gasteiger partial charge on any atom is 0.310 e. The van der Waals surface area contributed by atoms with Crippen molar-refractivity contribution in [3.8, 4) is 0 Å². The summed E-state index contributed by atoms with van der Waals surface area (Å²) in [6, 6.07) is 7.42. The van der Waals surface area contributed by atoms with E-state index in [0.29, 0.717) is 31.0 Å². The van der Waals surface area contributed by atoms with Gasteiger partial charge in [0.2, 0.25) is 5.91 Å². The van der Waals surface area contributed by atoms with Gasteiger partial charge in [-0.2, -0.15) is 0 Å². The Kier molecular flexibility index (Phi) is 3.87. The average molecular weight is 268 g/mol. The number of halogens is 1. The molecule has 2 rings (SSSR count). The van der Waals surface area contributed by atoms with E-state index >= 15 is 0 Å². The van der Waals surface area contributed by atoms with E-state index in [4.69, 9.17) is 16.7 Å². The van der Waals surface area contributed by atoms with Crippen LogP contribution in [0.2, 0.25) is 5.02 Å². The Morgan fingerprint density at radius 1 is 1.33 bits per heavy atom. The van der Waals surface area contributed by atoms with E-state index in [2.05, 4.69) is 0 Å². The molecule has 18 heavy (non-hydrogen) atoms. The first-order valence-corrected chi connectivity index (χ1v) is 6.19. The molecule has 1 aliphatic rings. The van der Waals surface area contributed by atoms with Gasteiger partial charge in [-0.3, -0.25) is 9.59 Å². The Morgan fingerprint density at radius 3 is 2.61 bits per heavy atom. The molecule has 0 atom stereocenters. The molecule has 0 aromatic heterocycles. The van der Waals surface area contributed by atoms with Crippen LogP contribution in [0.3, 0.4) is 0 Å². The Labute approximate surface area is 110 Å². The first-order chi connectivity index (χ1) is 8.58. The highest BCUT2D eigenvalue weighted by Crippen LogP contribution is 2.20. The summed E-state index contributed by atoms with van der Waals surface area (Å²) in [5.41, 5.74) is 0.947. The molecule has 1 N–H and O–H groups in total. The van der Waals surface area contributed by atoms with E-state index in [1.54, 1.807) is 11.0 Å². The number of aliphatic carboxylic acids is 1. The highest BCUT2D eigenvalue weighted by atomic mass is 35.5. The van der Waals surface area contributed by atoms with Crippen LogP contribution >= 0.6 is 11.6 Å². The van der Waals surface area contributed by atoms with Gasteiger partial charge in [-0.1, -0.05) is 29.8 Å². The largest absolute Gasteiger partial charge is 0.481 e. The Hall–Kier alpha value is -1.55. The van der Waals surface area contributed by atoms with Crippen molar-refractivity contribution in [1.29, 1.82) is 0 Å². The van der Waals surface area contributed by atoms with Crippen molar-refractivity contribution < 1.29 is 14.7 Å². The van der Waals surface area contributed by atoms with Crippen molar-refractivity contribution in [3.63, 3.8) is 0 Å². The molecule has 96 valence electrons. The average Bonchev–Trinajstić information content (AvgIpc) is 2.25. The fourth-order valence-electron chi connectivity index (χ4n) is 1.94. The van der Waals surface area contributed by atoms with Gasteiger partial charge in [-0.25, -0.2) is 0 Å².